The second-order valence-corrected chi connectivity index (χ2v) is 9.33. The van der Waals surface area contributed by atoms with E-state index >= 15 is 0 Å². The molecule has 0 amide bonds. The summed E-state index contributed by atoms with van der Waals surface area (Å²) in [5, 5.41) is 3.70. The number of nitrogens with zero attached hydrogens (tertiary/aromatic N) is 3. The van der Waals surface area contributed by atoms with Crippen LogP contribution in [-0.4, -0.2) is 28.3 Å². The highest BCUT2D eigenvalue weighted by Gasteiger charge is 2.21. The molecule has 3 aromatic rings. The molecule has 3 heterocycles. The summed E-state index contributed by atoms with van der Waals surface area (Å²) in [4.78, 5) is 9.55. The van der Waals surface area contributed by atoms with Crippen molar-refractivity contribution in [1.82, 2.24) is 14.5 Å². The highest BCUT2D eigenvalue weighted by atomic mass is 16.5. The van der Waals surface area contributed by atoms with E-state index in [0.717, 1.165) is 57.9 Å². The predicted molar refractivity (Wildman–Crippen MR) is 155 cm³/mol. The Kier molecular flexibility index (Phi) is 9.95. The number of anilines is 1. The van der Waals surface area contributed by atoms with Gasteiger partial charge in [-0.2, -0.15) is 0 Å². The van der Waals surface area contributed by atoms with Crippen molar-refractivity contribution in [3.8, 4) is 5.75 Å². The fraction of sp³-hybridized carbons (Fsp3) is 0.419. The molecule has 0 bridgehead atoms. The molecule has 0 aliphatic rings. The summed E-state index contributed by atoms with van der Waals surface area (Å²) in [5.74, 6) is 1.60. The minimum atomic E-state index is 0.303. The topological polar surface area (TPSA) is 61.2 Å². The smallest absolute Gasteiger partial charge is 0.137 e. The van der Waals surface area contributed by atoms with Crippen LogP contribution in [0.1, 0.15) is 76.5 Å². The highest BCUT2D eigenvalue weighted by Crippen LogP contribution is 2.36. The fourth-order valence-corrected chi connectivity index (χ4v) is 4.69. The Morgan fingerprint density at radius 3 is 2.57 bits per heavy atom. The number of allylic oxidation sites excluding steroid dienone is 6. The number of nitrogens with one attached hydrogen (secondary N) is 1. The van der Waals surface area contributed by atoms with Crippen LogP contribution in [0.3, 0.4) is 0 Å². The second kappa shape index (κ2) is 13.1. The Hall–Kier alpha value is -3.54. The zero-order chi connectivity index (χ0) is 26.9. The molecule has 6 nitrogen and oxygen atoms in total. The number of rotatable bonds is 12. The molecule has 1 N–H and O–H groups in total. The number of ether oxygens (including phenoxy) is 2. The second-order valence-electron chi connectivity index (χ2n) is 9.33. The normalized spacial score (nSPS) is 12.7. The first kappa shape index (κ1) is 28.0. The van der Waals surface area contributed by atoms with E-state index in [1.165, 1.54) is 11.3 Å². The Morgan fingerprint density at radius 2 is 1.92 bits per heavy atom. The van der Waals surface area contributed by atoms with Gasteiger partial charge in [0.15, 0.2) is 0 Å². The fourth-order valence-electron chi connectivity index (χ4n) is 4.69. The lowest BCUT2D eigenvalue weighted by molar-refractivity contribution is 0.233. The summed E-state index contributed by atoms with van der Waals surface area (Å²) in [6, 6.07) is 4.47. The van der Waals surface area contributed by atoms with E-state index in [9.17, 15) is 0 Å². The van der Waals surface area contributed by atoms with Crippen LogP contribution in [0.2, 0.25) is 0 Å². The maximum Gasteiger partial charge on any atom is 0.137 e. The van der Waals surface area contributed by atoms with Gasteiger partial charge in [0.1, 0.15) is 11.5 Å². The lowest BCUT2D eigenvalue weighted by Crippen LogP contribution is -2.09. The molecule has 0 aliphatic carbocycles. The van der Waals surface area contributed by atoms with E-state index in [0.29, 0.717) is 19.2 Å². The molecule has 0 unspecified atom stereocenters. The summed E-state index contributed by atoms with van der Waals surface area (Å²) in [7, 11) is 1.66. The molecule has 0 saturated carbocycles. The molecule has 0 radical (unpaired) electrons. The molecule has 3 rings (SSSR count). The van der Waals surface area contributed by atoms with Gasteiger partial charge in [-0.15, -0.1) is 0 Å². The van der Waals surface area contributed by atoms with Crippen molar-refractivity contribution >= 4 is 22.3 Å². The summed E-state index contributed by atoms with van der Waals surface area (Å²) >= 11 is 0. The monoisotopic (exact) mass is 502 g/mol. The van der Waals surface area contributed by atoms with Crippen LogP contribution >= 0.6 is 0 Å². The Morgan fingerprint density at radius 1 is 1.14 bits per heavy atom. The van der Waals surface area contributed by atoms with Crippen molar-refractivity contribution in [2.75, 3.05) is 19.0 Å². The van der Waals surface area contributed by atoms with Crippen molar-refractivity contribution < 1.29 is 9.47 Å². The van der Waals surface area contributed by atoms with Crippen LogP contribution in [0.15, 0.2) is 54.6 Å². The largest absolute Gasteiger partial charge is 0.498 e. The lowest BCUT2D eigenvalue weighted by atomic mass is 10.1. The van der Waals surface area contributed by atoms with Gasteiger partial charge in [-0.3, -0.25) is 4.98 Å². The van der Waals surface area contributed by atoms with Crippen LogP contribution in [0, 0.1) is 6.92 Å². The molecule has 3 aromatic heterocycles. The predicted octanol–water partition coefficient (Wildman–Crippen LogP) is 7.79. The molecular weight excluding hydrogens is 460 g/mol. The molecular formula is C31H42N4O2. The van der Waals surface area contributed by atoms with E-state index in [4.69, 9.17) is 14.5 Å². The van der Waals surface area contributed by atoms with Crippen LogP contribution in [0.25, 0.3) is 16.6 Å². The number of pyridine rings is 2. The number of hydrogen-bond donors (Lipinski definition) is 1. The minimum Gasteiger partial charge on any atom is -0.498 e. The summed E-state index contributed by atoms with van der Waals surface area (Å²) < 4.78 is 13.8. The first-order chi connectivity index (χ1) is 17.9. The van der Waals surface area contributed by atoms with Crippen molar-refractivity contribution in [3.05, 3.63) is 77.1 Å². The minimum absolute atomic E-state index is 0.303. The van der Waals surface area contributed by atoms with Crippen LogP contribution < -0.4 is 10.1 Å². The maximum absolute atomic E-state index is 5.96. The summed E-state index contributed by atoms with van der Waals surface area (Å²) in [5.41, 5.74) is 8.64. The van der Waals surface area contributed by atoms with Gasteiger partial charge in [0.25, 0.3) is 0 Å². The molecule has 6 heteroatoms. The molecule has 198 valence electrons. The Balaban J connectivity index is 2.24. The molecule has 0 fully saturated rings. The Bertz CT molecular complexity index is 1300. The average Bonchev–Trinajstić information content (AvgIpc) is 3.19. The third-order valence-corrected chi connectivity index (χ3v) is 6.41. The number of hydrogen-bond acceptors (Lipinski definition) is 5. The van der Waals surface area contributed by atoms with E-state index in [2.05, 4.69) is 79.9 Å². The number of aromatic nitrogens is 3. The number of methoxy groups -OCH3 is 1. The maximum atomic E-state index is 5.96. The SMILES string of the molecule is CC/C=C/C=C\C(=C(/C)OCC)c1cc(NCc2cncc(OC)c2)c2c(n1)c(C)c(CC)n2C(C)C. The van der Waals surface area contributed by atoms with Gasteiger partial charge in [-0.05, 0) is 76.8 Å². The van der Waals surface area contributed by atoms with E-state index < -0.39 is 0 Å². The van der Waals surface area contributed by atoms with Gasteiger partial charge in [0.05, 0.1) is 42.3 Å². The third-order valence-electron chi connectivity index (χ3n) is 6.41. The zero-order valence-electron chi connectivity index (χ0n) is 23.7. The first-order valence-electron chi connectivity index (χ1n) is 13.3. The summed E-state index contributed by atoms with van der Waals surface area (Å²) in [6.45, 7) is 16.2. The van der Waals surface area contributed by atoms with Crippen molar-refractivity contribution in [2.24, 2.45) is 0 Å². The Labute approximate surface area is 222 Å². The average molecular weight is 503 g/mol. The highest BCUT2D eigenvalue weighted by molar-refractivity contribution is 5.95. The molecule has 0 saturated heterocycles. The molecule has 0 aliphatic heterocycles. The van der Waals surface area contributed by atoms with Gasteiger partial charge in [-0.1, -0.05) is 32.1 Å². The van der Waals surface area contributed by atoms with Gasteiger partial charge < -0.3 is 19.4 Å². The molecule has 37 heavy (non-hydrogen) atoms. The quantitative estimate of drug-likeness (QED) is 0.202. The van der Waals surface area contributed by atoms with Gasteiger partial charge >= 0.3 is 0 Å². The van der Waals surface area contributed by atoms with Gasteiger partial charge in [0.2, 0.25) is 0 Å². The standard InChI is InChI=1S/C31H42N4O2/c1-9-12-13-14-15-26(23(7)37-11-3)27-17-28(33-19-24-16-25(36-8)20-32-18-24)31-30(34-27)22(6)29(10-2)35(31)21(4)5/h12-18,20-21H,9-11,19H2,1-8H3,(H,33,34)/b13-12+,15-14-,26-23-. The van der Waals surface area contributed by atoms with Crippen molar-refractivity contribution in [3.63, 3.8) is 0 Å². The molecule has 0 spiro atoms. The van der Waals surface area contributed by atoms with Crippen molar-refractivity contribution in [1.29, 1.82) is 0 Å². The summed E-state index contributed by atoms with van der Waals surface area (Å²) in [6.07, 6.45) is 13.9. The molecule has 0 aromatic carbocycles. The number of aryl methyl sites for hydroxylation is 1. The van der Waals surface area contributed by atoms with Crippen LogP contribution in [0.4, 0.5) is 5.69 Å². The zero-order valence-corrected chi connectivity index (χ0v) is 23.7. The lowest BCUT2D eigenvalue weighted by Gasteiger charge is -2.18. The van der Waals surface area contributed by atoms with Gasteiger partial charge in [0, 0.05) is 30.1 Å². The first-order valence-corrected chi connectivity index (χ1v) is 13.3. The van der Waals surface area contributed by atoms with Gasteiger partial charge in [-0.25, -0.2) is 4.98 Å². The van der Waals surface area contributed by atoms with E-state index in [-0.39, 0.29) is 0 Å². The third kappa shape index (κ3) is 6.43. The van der Waals surface area contributed by atoms with Crippen LogP contribution in [0.5, 0.6) is 5.75 Å². The van der Waals surface area contributed by atoms with Crippen LogP contribution in [-0.2, 0) is 17.7 Å². The van der Waals surface area contributed by atoms with E-state index in [1.807, 2.05) is 26.1 Å². The number of fused-ring (bicyclic) bond motifs is 1. The van der Waals surface area contributed by atoms with Crippen molar-refractivity contribution in [2.45, 2.75) is 73.9 Å². The van der Waals surface area contributed by atoms with E-state index in [1.54, 1.807) is 13.3 Å². The molecule has 0 atom stereocenters.